The molecule has 2 aromatic carbocycles. The van der Waals surface area contributed by atoms with E-state index in [1.54, 1.807) is 11.8 Å². The molecular formula is C22H19N5O2. The molecule has 0 radical (unpaired) electrons. The zero-order valence-corrected chi connectivity index (χ0v) is 16.1. The Morgan fingerprint density at radius 2 is 2.14 bits per heavy atom. The number of ketones is 1. The molecule has 29 heavy (non-hydrogen) atoms. The van der Waals surface area contributed by atoms with Crippen molar-refractivity contribution in [1.29, 1.82) is 0 Å². The Hall–Kier alpha value is -3.87. The minimum atomic E-state index is -0.120. The molecule has 3 N–H and O–H groups in total. The van der Waals surface area contributed by atoms with Crippen LogP contribution in [0.15, 0.2) is 48.2 Å². The van der Waals surface area contributed by atoms with Crippen molar-refractivity contribution in [2.24, 2.45) is 0 Å². The molecule has 2 aromatic heterocycles. The fourth-order valence-corrected chi connectivity index (χ4v) is 3.83. The van der Waals surface area contributed by atoms with E-state index in [1.807, 2.05) is 49.4 Å². The van der Waals surface area contributed by atoms with Gasteiger partial charge in [0.2, 0.25) is 0 Å². The number of rotatable bonds is 4. The highest BCUT2D eigenvalue weighted by Gasteiger charge is 2.25. The highest BCUT2D eigenvalue weighted by Crippen LogP contribution is 2.34. The molecule has 0 fully saturated rings. The number of fused-ring (bicyclic) bond motifs is 2. The SMILES string of the molecule is COc1cccc2c1C=C(C(=O)c1cnn(-c3ccc4nc(C)[nH]c4c3)c1N)C2. The van der Waals surface area contributed by atoms with E-state index in [-0.39, 0.29) is 5.78 Å². The standard InChI is InChI=1S/C22H19N5O2/c1-12-25-18-7-6-15(10-19(18)26-12)27-22(23)17(11-24-27)21(28)14-8-13-4-3-5-20(29-2)16(13)9-14/h3-7,9-11H,8,23H2,1-2H3,(H,25,26). The Labute approximate surface area is 166 Å². The van der Waals surface area contributed by atoms with E-state index in [0.29, 0.717) is 23.4 Å². The molecule has 0 unspecified atom stereocenters. The van der Waals surface area contributed by atoms with Gasteiger partial charge < -0.3 is 15.5 Å². The molecule has 0 atom stereocenters. The number of H-pyrrole nitrogens is 1. The van der Waals surface area contributed by atoms with E-state index in [9.17, 15) is 4.79 Å². The number of hydrogen-bond donors (Lipinski definition) is 2. The predicted octanol–water partition coefficient (Wildman–Crippen LogP) is 3.47. The summed E-state index contributed by atoms with van der Waals surface area (Å²) >= 11 is 0. The first kappa shape index (κ1) is 17.2. The van der Waals surface area contributed by atoms with Crippen LogP contribution in [0, 0.1) is 6.92 Å². The molecule has 1 aliphatic carbocycles. The van der Waals surface area contributed by atoms with Crippen LogP contribution in [0.4, 0.5) is 5.82 Å². The van der Waals surface area contributed by atoms with Crippen molar-refractivity contribution in [2.45, 2.75) is 13.3 Å². The number of carbonyl (C=O) groups is 1. The molecule has 0 bridgehead atoms. The lowest BCUT2D eigenvalue weighted by Crippen LogP contribution is -2.08. The monoisotopic (exact) mass is 385 g/mol. The van der Waals surface area contributed by atoms with Gasteiger partial charge in [0.05, 0.1) is 35.6 Å². The van der Waals surface area contributed by atoms with E-state index >= 15 is 0 Å². The zero-order valence-electron chi connectivity index (χ0n) is 16.1. The van der Waals surface area contributed by atoms with Crippen LogP contribution in [0.1, 0.15) is 27.3 Å². The summed E-state index contributed by atoms with van der Waals surface area (Å²) < 4.78 is 6.98. The number of nitrogen functional groups attached to an aromatic ring is 1. The third-order valence-corrected chi connectivity index (χ3v) is 5.25. The van der Waals surface area contributed by atoms with Gasteiger partial charge in [-0.25, -0.2) is 9.67 Å². The van der Waals surface area contributed by atoms with Gasteiger partial charge in [-0.2, -0.15) is 5.10 Å². The second-order valence-corrected chi connectivity index (χ2v) is 7.09. The Balaban J connectivity index is 1.50. The normalized spacial score (nSPS) is 12.8. The third-order valence-electron chi connectivity index (χ3n) is 5.25. The number of ether oxygens (including phenoxy) is 1. The smallest absolute Gasteiger partial charge is 0.194 e. The van der Waals surface area contributed by atoms with Gasteiger partial charge in [-0.3, -0.25) is 4.79 Å². The van der Waals surface area contributed by atoms with Gasteiger partial charge in [0.15, 0.2) is 5.78 Å². The molecule has 0 aliphatic heterocycles. The second kappa shape index (κ2) is 6.34. The first-order chi connectivity index (χ1) is 14.0. The van der Waals surface area contributed by atoms with E-state index < -0.39 is 0 Å². The summed E-state index contributed by atoms with van der Waals surface area (Å²) in [6.07, 6.45) is 3.96. The number of anilines is 1. The fraction of sp³-hybridized carbons (Fsp3) is 0.136. The summed E-state index contributed by atoms with van der Waals surface area (Å²) in [6.45, 7) is 1.90. The van der Waals surface area contributed by atoms with Crippen LogP contribution in [0.2, 0.25) is 0 Å². The van der Waals surface area contributed by atoms with Crippen molar-refractivity contribution in [2.75, 3.05) is 12.8 Å². The van der Waals surface area contributed by atoms with E-state index in [0.717, 1.165) is 39.4 Å². The van der Waals surface area contributed by atoms with Crippen LogP contribution >= 0.6 is 0 Å². The van der Waals surface area contributed by atoms with Gasteiger partial charge in [-0.05, 0) is 42.8 Å². The van der Waals surface area contributed by atoms with Crippen molar-refractivity contribution >= 4 is 28.7 Å². The lowest BCUT2D eigenvalue weighted by molar-refractivity contribution is 0.103. The van der Waals surface area contributed by atoms with Crippen molar-refractivity contribution in [3.8, 4) is 11.4 Å². The summed E-state index contributed by atoms with van der Waals surface area (Å²) in [4.78, 5) is 20.7. The molecule has 0 amide bonds. The minimum Gasteiger partial charge on any atom is -0.496 e. The number of aromatic nitrogens is 4. The number of hydrogen-bond acceptors (Lipinski definition) is 5. The van der Waals surface area contributed by atoms with Crippen LogP contribution < -0.4 is 10.5 Å². The molecule has 7 nitrogen and oxygen atoms in total. The number of imidazole rings is 1. The topological polar surface area (TPSA) is 98.8 Å². The molecule has 5 rings (SSSR count). The van der Waals surface area contributed by atoms with Crippen LogP contribution in [-0.4, -0.2) is 32.6 Å². The fourth-order valence-electron chi connectivity index (χ4n) is 3.83. The molecule has 2 heterocycles. The number of aryl methyl sites for hydroxylation is 1. The van der Waals surface area contributed by atoms with Crippen molar-refractivity contribution < 1.29 is 9.53 Å². The molecule has 144 valence electrons. The van der Waals surface area contributed by atoms with Crippen molar-refractivity contribution in [1.82, 2.24) is 19.7 Å². The average Bonchev–Trinajstić information content (AvgIpc) is 3.41. The van der Waals surface area contributed by atoms with Gasteiger partial charge in [0.25, 0.3) is 0 Å². The largest absolute Gasteiger partial charge is 0.496 e. The Morgan fingerprint density at radius 3 is 2.97 bits per heavy atom. The number of nitrogens with two attached hydrogens (primary N) is 1. The maximum absolute atomic E-state index is 13.1. The quantitative estimate of drug-likeness (QED) is 0.524. The first-order valence-corrected chi connectivity index (χ1v) is 9.26. The number of benzene rings is 2. The maximum atomic E-state index is 13.1. The minimum absolute atomic E-state index is 0.120. The summed E-state index contributed by atoms with van der Waals surface area (Å²) in [6, 6.07) is 11.5. The highest BCUT2D eigenvalue weighted by atomic mass is 16.5. The van der Waals surface area contributed by atoms with E-state index in [1.165, 1.54) is 6.20 Å². The molecule has 1 aliphatic rings. The Kier molecular flexibility index (Phi) is 3.77. The van der Waals surface area contributed by atoms with Crippen LogP contribution in [0.3, 0.4) is 0 Å². The maximum Gasteiger partial charge on any atom is 0.194 e. The summed E-state index contributed by atoms with van der Waals surface area (Å²) in [7, 11) is 1.63. The first-order valence-electron chi connectivity index (χ1n) is 9.26. The number of Topliss-reactive ketones (excluding diaryl/α,β-unsaturated/α-hetero) is 1. The van der Waals surface area contributed by atoms with E-state index in [4.69, 9.17) is 10.5 Å². The molecule has 7 heteroatoms. The average molecular weight is 385 g/mol. The molecule has 4 aromatic rings. The lowest BCUT2D eigenvalue weighted by atomic mass is 10.0. The van der Waals surface area contributed by atoms with E-state index in [2.05, 4.69) is 15.1 Å². The van der Waals surface area contributed by atoms with Crippen molar-refractivity contribution in [3.63, 3.8) is 0 Å². The van der Waals surface area contributed by atoms with Crippen LogP contribution in [-0.2, 0) is 6.42 Å². The van der Waals surface area contributed by atoms with Gasteiger partial charge in [0, 0.05) is 17.6 Å². The highest BCUT2D eigenvalue weighted by molar-refractivity contribution is 6.15. The molecule has 0 saturated carbocycles. The number of nitrogens with zero attached hydrogens (tertiary/aromatic N) is 3. The Bertz CT molecular complexity index is 1310. The summed E-state index contributed by atoms with van der Waals surface area (Å²) in [5.74, 6) is 1.79. The summed E-state index contributed by atoms with van der Waals surface area (Å²) in [5.41, 5.74) is 11.9. The molecule has 0 saturated heterocycles. The predicted molar refractivity (Wildman–Crippen MR) is 111 cm³/mol. The number of methoxy groups -OCH3 is 1. The Morgan fingerprint density at radius 1 is 1.28 bits per heavy atom. The van der Waals surface area contributed by atoms with Gasteiger partial charge >= 0.3 is 0 Å². The van der Waals surface area contributed by atoms with Gasteiger partial charge in [-0.15, -0.1) is 0 Å². The lowest BCUT2D eigenvalue weighted by Gasteiger charge is -2.06. The van der Waals surface area contributed by atoms with Gasteiger partial charge in [0.1, 0.15) is 17.4 Å². The number of aromatic amines is 1. The molecule has 0 spiro atoms. The van der Waals surface area contributed by atoms with Gasteiger partial charge in [-0.1, -0.05) is 12.1 Å². The summed E-state index contributed by atoms with van der Waals surface area (Å²) in [5, 5.41) is 4.36. The number of allylic oxidation sites excluding steroid dienone is 1. The third kappa shape index (κ3) is 2.70. The zero-order chi connectivity index (χ0) is 20.1. The number of nitrogens with one attached hydrogen (secondary N) is 1. The molecular weight excluding hydrogens is 366 g/mol. The van der Waals surface area contributed by atoms with Crippen LogP contribution in [0.25, 0.3) is 22.8 Å². The second-order valence-electron chi connectivity index (χ2n) is 7.09. The number of carbonyl (C=O) groups excluding carboxylic acids is 1. The van der Waals surface area contributed by atoms with Crippen LogP contribution in [0.5, 0.6) is 5.75 Å². The van der Waals surface area contributed by atoms with Crippen molar-refractivity contribution in [3.05, 3.63) is 70.7 Å².